The van der Waals surface area contributed by atoms with Crippen LogP contribution in [-0.4, -0.2) is 22.8 Å². The Morgan fingerprint density at radius 1 is 1.17 bits per heavy atom. The minimum atomic E-state index is -0.458. The SMILES string of the molecule is CCC(CC)N(CCBr)Cc1c(F)cccc1F. The lowest BCUT2D eigenvalue weighted by molar-refractivity contribution is 0.184. The molecule has 0 unspecified atom stereocenters. The highest BCUT2D eigenvalue weighted by Crippen LogP contribution is 2.18. The van der Waals surface area contributed by atoms with Crippen LogP contribution < -0.4 is 0 Å². The van der Waals surface area contributed by atoms with Crippen LogP contribution in [0.5, 0.6) is 0 Å². The van der Waals surface area contributed by atoms with Gasteiger partial charge in [-0.05, 0) is 25.0 Å². The van der Waals surface area contributed by atoms with Crippen LogP contribution >= 0.6 is 15.9 Å². The van der Waals surface area contributed by atoms with Crippen molar-refractivity contribution in [1.82, 2.24) is 4.90 Å². The van der Waals surface area contributed by atoms with Crippen LogP contribution in [0.25, 0.3) is 0 Å². The summed E-state index contributed by atoms with van der Waals surface area (Å²) in [5.41, 5.74) is 0.172. The summed E-state index contributed by atoms with van der Waals surface area (Å²) in [7, 11) is 0. The standard InChI is InChI=1S/C14H20BrF2N/c1-3-11(4-2)18(9-8-15)10-12-13(16)6-5-7-14(12)17/h5-7,11H,3-4,8-10H2,1-2H3. The Bertz CT molecular complexity index is 347. The lowest BCUT2D eigenvalue weighted by Crippen LogP contribution is -2.36. The lowest BCUT2D eigenvalue weighted by atomic mass is 10.1. The molecule has 0 saturated heterocycles. The molecular weight excluding hydrogens is 300 g/mol. The molecule has 0 fully saturated rings. The van der Waals surface area contributed by atoms with E-state index in [0.717, 1.165) is 24.7 Å². The molecule has 0 heterocycles. The van der Waals surface area contributed by atoms with Crippen molar-refractivity contribution >= 4 is 15.9 Å². The van der Waals surface area contributed by atoms with Gasteiger partial charge in [0.1, 0.15) is 11.6 Å². The third-order valence-corrected chi connectivity index (χ3v) is 3.61. The Hall–Kier alpha value is -0.480. The van der Waals surface area contributed by atoms with E-state index in [4.69, 9.17) is 0 Å². The first-order valence-electron chi connectivity index (χ1n) is 6.36. The van der Waals surface area contributed by atoms with E-state index in [-0.39, 0.29) is 5.56 Å². The molecule has 0 spiro atoms. The van der Waals surface area contributed by atoms with Crippen LogP contribution in [0.4, 0.5) is 8.78 Å². The van der Waals surface area contributed by atoms with Gasteiger partial charge in [0, 0.05) is 30.0 Å². The van der Waals surface area contributed by atoms with Crippen LogP contribution in [0.2, 0.25) is 0 Å². The van der Waals surface area contributed by atoms with E-state index in [0.29, 0.717) is 12.6 Å². The maximum Gasteiger partial charge on any atom is 0.130 e. The maximum absolute atomic E-state index is 13.6. The molecule has 1 aromatic rings. The Labute approximate surface area is 116 Å². The average Bonchev–Trinajstić information content (AvgIpc) is 2.35. The van der Waals surface area contributed by atoms with E-state index in [1.807, 2.05) is 0 Å². The molecule has 0 saturated carbocycles. The molecule has 102 valence electrons. The summed E-state index contributed by atoms with van der Waals surface area (Å²) < 4.78 is 27.3. The minimum absolute atomic E-state index is 0.172. The smallest absolute Gasteiger partial charge is 0.130 e. The Morgan fingerprint density at radius 2 is 1.72 bits per heavy atom. The van der Waals surface area contributed by atoms with Crippen molar-refractivity contribution in [3.8, 4) is 0 Å². The molecule has 0 aliphatic carbocycles. The summed E-state index contributed by atoms with van der Waals surface area (Å²) in [5, 5.41) is 0.805. The molecule has 0 amide bonds. The highest BCUT2D eigenvalue weighted by Gasteiger charge is 2.18. The highest BCUT2D eigenvalue weighted by molar-refractivity contribution is 9.09. The van der Waals surface area contributed by atoms with E-state index in [1.165, 1.54) is 18.2 Å². The maximum atomic E-state index is 13.6. The first-order chi connectivity index (χ1) is 8.63. The number of rotatable bonds is 7. The molecule has 0 aliphatic heterocycles. The number of hydrogen-bond donors (Lipinski definition) is 0. The van der Waals surface area contributed by atoms with Gasteiger partial charge in [0.15, 0.2) is 0 Å². The van der Waals surface area contributed by atoms with Crippen LogP contribution in [-0.2, 0) is 6.54 Å². The van der Waals surface area contributed by atoms with Gasteiger partial charge >= 0.3 is 0 Å². The molecule has 0 N–H and O–H groups in total. The monoisotopic (exact) mass is 319 g/mol. The van der Waals surface area contributed by atoms with Crippen molar-refractivity contribution in [2.75, 3.05) is 11.9 Å². The number of halogens is 3. The lowest BCUT2D eigenvalue weighted by Gasteiger charge is -2.30. The number of benzene rings is 1. The average molecular weight is 320 g/mol. The Morgan fingerprint density at radius 3 is 2.17 bits per heavy atom. The van der Waals surface area contributed by atoms with Gasteiger partial charge in [0.2, 0.25) is 0 Å². The van der Waals surface area contributed by atoms with Gasteiger partial charge in [-0.3, -0.25) is 4.90 Å². The van der Waals surface area contributed by atoms with E-state index in [9.17, 15) is 8.78 Å². The molecule has 1 rings (SSSR count). The summed E-state index contributed by atoms with van der Waals surface area (Å²) in [4.78, 5) is 2.14. The molecule has 1 aromatic carbocycles. The van der Waals surface area contributed by atoms with Gasteiger partial charge in [-0.15, -0.1) is 0 Å². The number of nitrogens with zero attached hydrogens (tertiary/aromatic N) is 1. The minimum Gasteiger partial charge on any atom is -0.295 e. The van der Waals surface area contributed by atoms with Crippen LogP contribution in [0.1, 0.15) is 32.3 Å². The predicted octanol–water partition coefficient (Wildman–Crippen LogP) is 4.35. The molecule has 0 aromatic heterocycles. The van der Waals surface area contributed by atoms with Gasteiger partial charge in [-0.2, -0.15) is 0 Å². The largest absolute Gasteiger partial charge is 0.295 e. The molecule has 0 radical (unpaired) electrons. The van der Waals surface area contributed by atoms with Gasteiger partial charge < -0.3 is 0 Å². The summed E-state index contributed by atoms with van der Waals surface area (Å²) in [5.74, 6) is -0.916. The zero-order valence-electron chi connectivity index (χ0n) is 10.9. The molecule has 1 nitrogen and oxygen atoms in total. The van der Waals surface area contributed by atoms with E-state index >= 15 is 0 Å². The fourth-order valence-corrected chi connectivity index (χ4v) is 2.65. The normalized spacial score (nSPS) is 11.5. The fourth-order valence-electron chi connectivity index (χ4n) is 2.19. The van der Waals surface area contributed by atoms with Crippen molar-refractivity contribution in [2.24, 2.45) is 0 Å². The highest BCUT2D eigenvalue weighted by atomic mass is 79.9. The summed E-state index contributed by atoms with van der Waals surface area (Å²) >= 11 is 3.40. The van der Waals surface area contributed by atoms with Crippen molar-refractivity contribution in [1.29, 1.82) is 0 Å². The van der Waals surface area contributed by atoms with Gasteiger partial charge in [0.05, 0.1) is 0 Å². The Kier molecular flexibility index (Phi) is 6.79. The molecule has 0 aliphatic rings. The number of alkyl halides is 1. The zero-order valence-corrected chi connectivity index (χ0v) is 12.5. The molecule has 4 heteroatoms. The number of hydrogen-bond acceptors (Lipinski definition) is 1. The quantitative estimate of drug-likeness (QED) is 0.675. The van der Waals surface area contributed by atoms with Crippen molar-refractivity contribution in [3.63, 3.8) is 0 Å². The Balaban J connectivity index is 2.89. The third-order valence-electron chi connectivity index (χ3n) is 3.25. The van der Waals surface area contributed by atoms with Crippen molar-refractivity contribution < 1.29 is 8.78 Å². The second-order valence-electron chi connectivity index (χ2n) is 4.33. The predicted molar refractivity (Wildman–Crippen MR) is 74.9 cm³/mol. The van der Waals surface area contributed by atoms with E-state index in [2.05, 4.69) is 34.7 Å². The van der Waals surface area contributed by atoms with E-state index < -0.39 is 11.6 Å². The summed E-state index contributed by atoms with van der Waals surface area (Å²) in [6, 6.07) is 4.40. The second-order valence-corrected chi connectivity index (χ2v) is 5.12. The molecular formula is C14H20BrF2N. The first-order valence-corrected chi connectivity index (χ1v) is 7.49. The first kappa shape index (κ1) is 15.6. The van der Waals surface area contributed by atoms with Crippen LogP contribution in [0, 0.1) is 11.6 Å². The van der Waals surface area contributed by atoms with Crippen molar-refractivity contribution in [3.05, 3.63) is 35.4 Å². The van der Waals surface area contributed by atoms with Gasteiger partial charge in [-0.1, -0.05) is 35.8 Å². The summed E-state index contributed by atoms with van der Waals surface area (Å²) in [6.07, 6.45) is 1.97. The van der Waals surface area contributed by atoms with Gasteiger partial charge in [-0.25, -0.2) is 8.78 Å². The van der Waals surface area contributed by atoms with E-state index in [1.54, 1.807) is 0 Å². The second kappa shape index (κ2) is 7.85. The van der Waals surface area contributed by atoms with Gasteiger partial charge in [0.25, 0.3) is 0 Å². The fraction of sp³-hybridized carbons (Fsp3) is 0.571. The van der Waals surface area contributed by atoms with Crippen LogP contribution in [0.3, 0.4) is 0 Å². The van der Waals surface area contributed by atoms with Crippen molar-refractivity contribution in [2.45, 2.75) is 39.3 Å². The molecule has 18 heavy (non-hydrogen) atoms. The summed E-state index contributed by atoms with van der Waals surface area (Å²) in [6.45, 7) is 5.33. The zero-order chi connectivity index (χ0) is 13.5. The molecule has 0 atom stereocenters. The topological polar surface area (TPSA) is 3.24 Å². The molecule has 0 bridgehead atoms. The third kappa shape index (κ3) is 4.02. The van der Waals surface area contributed by atoms with Crippen LogP contribution in [0.15, 0.2) is 18.2 Å².